The Hall–Kier alpha value is -1.95. The Kier molecular flexibility index (Phi) is 2.34. The maximum atomic E-state index is 10.7. The number of rotatable bonds is 3. The molecule has 0 bridgehead atoms. The third-order valence-corrected chi connectivity index (χ3v) is 1.96. The minimum atomic E-state index is -0.996. The number of carboxylic acids is 1. The molecule has 0 atom stereocenters. The van der Waals surface area contributed by atoms with Crippen LogP contribution in [0.2, 0.25) is 0 Å². The normalized spacial score (nSPS) is 10.7. The Morgan fingerprint density at radius 3 is 3.00 bits per heavy atom. The van der Waals surface area contributed by atoms with Crippen molar-refractivity contribution in [3.8, 4) is 0 Å². The zero-order valence-electron chi connectivity index (χ0n) is 7.79. The number of hydrogen-bond donors (Lipinski definition) is 2. The van der Waals surface area contributed by atoms with E-state index in [1.165, 1.54) is 22.8 Å². The highest BCUT2D eigenvalue weighted by atomic mass is 16.4. The highest BCUT2D eigenvalue weighted by molar-refractivity contribution is 5.88. The molecule has 2 heterocycles. The molecule has 2 rings (SSSR count). The van der Waals surface area contributed by atoms with Gasteiger partial charge in [0.05, 0.1) is 12.2 Å². The van der Waals surface area contributed by atoms with Gasteiger partial charge in [-0.2, -0.15) is 5.10 Å². The van der Waals surface area contributed by atoms with Gasteiger partial charge in [-0.1, -0.05) is 0 Å². The van der Waals surface area contributed by atoms with Crippen LogP contribution in [-0.4, -0.2) is 37.4 Å². The summed E-state index contributed by atoms with van der Waals surface area (Å²) in [5, 5.41) is 21.5. The van der Waals surface area contributed by atoms with E-state index >= 15 is 0 Å². The fourth-order valence-corrected chi connectivity index (χ4v) is 1.27. The largest absolute Gasteiger partial charge is 0.478 e. The lowest BCUT2D eigenvalue weighted by Gasteiger charge is -1.93. The lowest BCUT2D eigenvalue weighted by Crippen LogP contribution is -1.97. The minimum Gasteiger partial charge on any atom is -0.478 e. The van der Waals surface area contributed by atoms with Gasteiger partial charge in [0.2, 0.25) is 0 Å². The zero-order chi connectivity index (χ0) is 10.8. The molecule has 0 aromatic carbocycles. The molecule has 0 saturated carbocycles. The van der Waals surface area contributed by atoms with Crippen LogP contribution in [-0.2, 0) is 6.42 Å². The van der Waals surface area contributed by atoms with Crippen molar-refractivity contribution in [1.29, 1.82) is 0 Å². The summed E-state index contributed by atoms with van der Waals surface area (Å²) in [6.07, 6.45) is 1.90. The van der Waals surface area contributed by atoms with E-state index in [1.54, 1.807) is 0 Å². The SMILES string of the molecule is O=C(O)c1ccn2nc(CCO)nc2c1. The van der Waals surface area contributed by atoms with Crippen molar-refractivity contribution in [2.24, 2.45) is 0 Å². The first-order chi connectivity index (χ1) is 7.20. The third kappa shape index (κ3) is 1.79. The van der Waals surface area contributed by atoms with E-state index in [1.807, 2.05) is 0 Å². The summed E-state index contributed by atoms with van der Waals surface area (Å²) in [4.78, 5) is 14.8. The first-order valence-corrected chi connectivity index (χ1v) is 4.40. The van der Waals surface area contributed by atoms with E-state index in [-0.39, 0.29) is 12.2 Å². The third-order valence-electron chi connectivity index (χ3n) is 1.96. The van der Waals surface area contributed by atoms with Crippen LogP contribution in [0.5, 0.6) is 0 Å². The first-order valence-electron chi connectivity index (χ1n) is 4.40. The van der Waals surface area contributed by atoms with Gasteiger partial charge in [-0.25, -0.2) is 14.3 Å². The maximum Gasteiger partial charge on any atom is 0.335 e. The quantitative estimate of drug-likeness (QED) is 0.737. The summed E-state index contributed by atoms with van der Waals surface area (Å²) in [7, 11) is 0. The zero-order valence-corrected chi connectivity index (χ0v) is 7.79. The highest BCUT2D eigenvalue weighted by Crippen LogP contribution is 2.06. The summed E-state index contributed by atoms with van der Waals surface area (Å²) < 4.78 is 1.48. The number of nitrogens with zero attached hydrogens (tertiary/aromatic N) is 3. The molecule has 15 heavy (non-hydrogen) atoms. The van der Waals surface area contributed by atoms with E-state index in [2.05, 4.69) is 10.1 Å². The van der Waals surface area contributed by atoms with Crippen molar-refractivity contribution in [2.75, 3.05) is 6.61 Å². The van der Waals surface area contributed by atoms with Crippen molar-refractivity contribution in [1.82, 2.24) is 14.6 Å². The molecule has 2 N–H and O–H groups in total. The maximum absolute atomic E-state index is 10.7. The van der Waals surface area contributed by atoms with Gasteiger partial charge >= 0.3 is 5.97 Å². The summed E-state index contributed by atoms with van der Waals surface area (Å²) in [5.74, 6) is -0.496. The van der Waals surface area contributed by atoms with E-state index in [4.69, 9.17) is 10.2 Å². The standard InChI is InChI=1S/C9H9N3O3/c13-4-2-7-10-8-5-6(9(14)15)1-3-12(8)11-7/h1,3,5,13H,2,4H2,(H,14,15). The number of carboxylic acid groups (broad SMARTS) is 1. The molecule has 0 unspecified atom stereocenters. The molecule has 0 aliphatic rings. The first kappa shape index (κ1) is 9.60. The van der Waals surface area contributed by atoms with Gasteiger partial charge in [-0.15, -0.1) is 0 Å². The predicted octanol–water partition coefficient (Wildman–Crippen LogP) is -0.0377. The summed E-state index contributed by atoms with van der Waals surface area (Å²) in [6.45, 7) is -0.0251. The number of aromatic carboxylic acids is 1. The fourth-order valence-electron chi connectivity index (χ4n) is 1.27. The van der Waals surface area contributed by atoms with E-state index in [0.29, 0.717) is 17.9 Å². The molecular weight excluding hydrogens is 198 g/mol. The molecule has 0 saturated heterocycles. The van der Waals surface area contributed by atoms with Crippen molar-refractivity contribution in [3.05, 3.63) is 29.7 Å². The molecule has 2 aromatic rings. The average Bonchev–Trinajstić information content (AvgIpc) is 2.59. The Balaban J connectivity index is 2.47. The summed E-state index contributed by atoms with van der Waals surface area (Å²) in [5.41, 5.74) is 0.642. The van der Waals surface area contributed by atoms with E-state index in [0.717, 1.165) is 0 Å². The summed E-state index contributed by atoms with van der Waals surface area (Å²) >= 11 is 0. The minimum absolute atomic E-state index is 0.0251. The van der Waals surface area contributed by atoms with Crippen molar-refractivity contribution < 1.29 is 15.0 Å². The van der Waals surface area contributed by atoms with Gasteiger partial charge in [0.25, 0.3) is 0 Å². The molecule has 0 radical (unpaired) electrons. The highest BCUT2D eigenvalue weighted by Gasteiger charge is 2.07. The van der Waals surface area contributed by atoms with Crippen molar-refractivity contribution in [2.45, 2.75) is 6.42 Å². The topological polar surface area (TPSA) is 87.7 Å². The lowest BCUT2D eigenvalue weighted by atomic mass is 10.3. The number of pyridine rings is 1. The van der Waals surface area contributed by atoms with Gasteiger partial charge in [0.15, 0.2) is 11.5 Å². The number of aromatic nitrogens is 3. The second kappa shape index (κ2) is 3.66. The molecule has 0 amide bonds. The van der Waals surface area contributed by atoms with Crippen LogP contribution in [0.4, 0.5) is 0 Å². The van der Waals surface area contributed by atoms with Crippen LogP contribution in [0.1, 0.15) is 16.2 Å². The van der Waals surface area contributed by atoms with Crippen LogP contribution >= 0.6 is 0 Å². The average molecular weight is 207 g/mol. The number of hydrogen-bond acceptors (Lipinski definition) is 4. The molecule has 0 spiro atoms. The Morgan fingerprint density at radius 2 is 2.33 bits per heavy atom. The molecule has 2 aromatic heterocycles. The monoisotopic (exact) mass is 207 g/mol. The Labute approximate surface area is 84.8 Å². The molecule has 0 fully saturated rings. The van der Waals surface area contributed by atoms with Gasteiger partial charge in [-0.05, 0) is 12.1 Å². The van der Waals surface area contributed by atoms with Gasteiger partial charge in [0.1, 0.15) is 0 Å². The molecule has 0 aliphatic heterocycles. The van der Waals surface area contributed by atoms with Crippen LogP contribution in [0.25, 0.3) is 5.65 Å². The number of aliphatic hydroxyl groups is 1. The summed E-state index contributed by atoms with van der Waals surface area (Å²) in [6, 6.07) is 2.89. The Morgan fingerprint density at radius 1 is 1.53 bits per heavy atom. The smallest absolute Gasteiger partial charge is 0.335 e. The van der Waals surface area contributed by atoms with Gasteiger partial charge < -0.3 is 10.2 Å². The second-order valence-corrected chi connectivity index (χ2v) is 3.02. The van der Waals surface area contributed by atoms with Crippen LogP contribution in [0.15, 0.2) is 18.3 Å². The van der Waals surface area contributed by atoms with Crippen LogP contribution in [0, 0.1) is 0 Å². The van der Waals surface area contributed by atoms with E-state index < -0.39 is 5.97 Å². The number of aliphatic hydroxyl groups excluding tert-OH is 1. The van der Waals surface area contributed by atoms with E-state index in [9.17, 15) is 4.79 Å². The Bertz CT molecular complexity index is 506. The molecular formula is C9H9N3O3. The molecule has 6 heteroatoms. The van der Waals surface area contributed by atoms with Crippen LogP contribution < -0.4 is 0 Å². The molecule has 78 valence electrons. The van der Waals surface area contributed by atoms with Gasteiger partial charge in [0, 0.05) is 12.6 Å². The lowest BCUT2D eigenvalue weighted by molar-refractivity contribution is 0.0697. The molecule has 6 nitrogen and oxygen atoms in total. The van der Waals surface area contributed by atoms with Crippen molar-refractivity contribution in [3.63, 3.8) is 0 Å². The number of carbonyl (C=O) groups is 1. The predicted molar refractivity (Wildman–Crippen MR) is 50.7 cm³/mol. The molecule has 0 aliphatic carbocycles. The second-order valence-electron chi connectivity index (χ2n) is 3.02. The fraction of sp³-hybridized carbons (Fsp3) is 0.222. The van der Waals surface area contributed by atoms with Crippen molar-refractivity contribution >= 4 is 11.6 Å². The number of fused-ring (bicyclic) bond motifs is 1. The van der Waals surface area contributed by atoms with Gasteiger partial charge in [-0.3, -0.25) is 0 Å². The van der Waals surface area contributed by atoms with Crippen LogP contribution in [0.3, 0.4) is 0 Å².